The van der Waals surface area contributed by atoms with Crippen LogP contribution >= 0.6 is 11.6 Å². The largest absolute Gasteiger partial charge is 0.457 e. The van der Waals surface area contributed by atoms with Gasteiger partial charge in [-0.15, -0.1) is 11.6 Å². The lowest BCUT2D eigenvalue weighted by Crippen LogP contribution is -1.96. The van der Waals surface area contributed by atoms with E-state index in [9.17, 15) is 0 Å². The molecule has 2 rings (SSSR count). The van der Waals surface area contributed by atoms with Crippen LogP contribution in [0.5, 0.6) is 11.5 Å². The van der Waals surface area contributed by atoms with Crippen molar-refractivity contribution in [3.05, 3.63) is 60.2 Å². The maximum atomic E-state index is 6.69. The molecule has 0 aliphatic heterocycles. The summed E-state index contributed by atoms with van der Waals surface area (Å²) in [6.45, 7) is 2.27. The number of hydrogen-bond acceptors (Lipinski definition) is 1. The van der Waals surface area contributed by atoms with Crippen molar-refractivity contribution in [2.75, 3.05) is 0 Å². The van der Waals surface area contributed by atoms with Crippen LogP contribution in [0.2, 0.25) is 0 Å². The van der Waals surface area contributed by atoms with Gasteiger partial charge in [0, 0.05) is 5.56 Å². The van der Waals surface area contributed by atoms with Gasteiger partial charge >= 0.3 is 0 Å². The molecule has 0 bridgehead atoms. The van der Waals surface area contributed by atoms with Gasteiger partial charge in [-0.3, -0.25) is 0 Å². The number of rotatable bonds is 13. The quantitative estimate of drug-likeness (QED) is 0.252. The highest BCUT2D eigenvalue weighted by molar-refractivity contribution is 6.21. The molecule has 1 nitrogen and oxygen atoms in total. The molecule has 1 atom stereocenters. The molecule has 0 radical (unpaired) electrons. The van der Waals surface area contributed by atoms with Crippen molar-refractivity contribution in [1.29, 1.82) is 0 Å². The van der Waals surface area contributed by atoms with Crippen LogP contribution in [0, 0.1) is 0 Å². The zero-order chi connectivity index (χ0) is 18.5. The predicted octanol–water partition coefficient (Wildman–Crippen LogP) is 8.68. The molecular formula is C24H33ClO. The van der Waals surface area contributed by atoms with Crippen LogP contribution in [0.15, 0.2) is 54.6 Å². The molecule has 0 aliphatic carbocycles. The Morgan fingerprint density at radius 1 is 0.731 bits per heavy atom. The van der Waals surface area contributed by atoms with E-state index in [1.807, 2.05) is 48.5 Å². The van der Waals surface area contributed by atoms with Crippen molar-refractivity contribution in [2.24, 2.45) is 0 Å². The summed E-state index contributed by atoms with van der Waals surface area (Å²) in [6.07, 6.45) is 13.1. The van der Waals surface area contributed by atoms with E-state index in [4.69, 9.17) is 16.3 Å². The normalized spacial score (nSPS) is 12.1. The second-order valence-corrected chi connectivity index (χ2v) is 7.56. The van der Waals surface area contributed by atoms with Crippen LogP contribution in [-0.4, -0.2) is 0 Å². The van der Waals surface area contributed by atoms with Crippen molar-refractivity contribution in [3.8, 4) is 11.5 Å². The molecule has 142 valence electrons. The highest BCUT2D eigenvalue weighted by atomic mass is 35.5. The SMILES string of the molecule is CCCCCCCCCCCC(Cl)c1ccccc1Oc1ccccc1. The summed E-state index contributed by atoms with van der Waals surface area (Å²) < 4.78 is 6.04. The van der Waals surface area contributed by atoms with E-state index in [-0.39, 0.29) is 5.38 Å². The lowest BCUT2D eigenvalue weighted by molar-refractivity contribution is 0.472. The van der Waals surface area contributed by atoms with Gasteiger partial charge in [-0.25, -0.2) is 0 Å². The first-order valence-electron chi connectivity index (χ1n) is 10.3. The molecular weight excluding hydrogens is 340 g/mol. The number of unbranched alkanes of at least 4 members (excludes halogenated alkanes) is 8. The zero-order valence-electron chi connectivity index (χ0n) is 16.1. The summed E-state index contributed by atoms with van der Waals surface area (Å²) in [6, 6.07) is 18.0. The molecule has 0 fully saturated rings. The topological polar surface area (TPSA) is 9.23 Å². The first kappa shape index (κ1) is 20.8. The Kier molecular flexibility index (Phi) is 10.3. The van der Waals surface area contributed by atoms with Gasteiger partial charge < -0.3 is 4.74 Å². The third-order valence-electron chi connectivity index (χ3n) is 4.79. The van der Waals surface area contributed by atoms with E-state index in [0.29, 0.717) is 0 Å². The predicted molar refractivity (Wildman–Crippen MR) is 113 cm³/mol. The van der Waals surface area contributed by atoms with Crippen molar-refractivity contribution >= 4 is 11.6 Å². The molecule has 0 heterocycles. The molecule has 0 saturated heterocycles. The molecule has 2 aromatic carbocycles. The standard InChI is InChI=1S/C24H33ClO/c1-2-3-4-5-6-7-8-9-13-19-23(25)22-18-14-15-20-24(22)26-21-16-11-10-12-17-21/h10-12,14-18,20,23H,2-9,13,19H2,1H3. The molecule has 1 unspecified atom stereocenters. The van der Waals surface area contributed by atoms with Crippen LogP contribution in [0.25, 0.3) is 0 Å². The Balaban J connectivity index is 1.71. The fraction of sp³-hybridized carbons (Fsp3) is 0.500. The van der Waals surface area contributed by atoms with Crippen molar-refractivity contribution in [2.45, 2.75) is 76.5 Å². The molecule has 0 N–H and O–H groups in total. The Morgan fingerprint density at radius 3 is 2.00 bits per heavy atom. The van der Waals surface area contributed by atoms with Crippen LogP contribution in [0.3, 0.4) is 0 Å². The molecule has 0 aromatic heterocycles. The lowest BCUT2D eigenvalue weighted by atomic mass is 10.0. The van der Waals surface area contributed by atoms with Gasteiger partial charge in [-0.1, -0.05) is 101 Å². The first-order valence-corrected chi connectivity index (χ1v) is 10.7. The summed E-state index contributed by atoms with van der Waals surface area (Å²) in [7, 11) is 0. The Morgan fingerprint density at radius 2 is 1.31 bits per heavy atom. The summed E-state index contributed by atoms with van der Waals surface area (Å²) in [5.74, 6) is 1.72. The second-order valence-electron chi connectivity index (χ2n) is 7.04. The van der Waals surface area contributed by atoms with Crippen molar-refractivity contribution in [1.82, 2.24) is 0 Å². The number of benzene rings is 2. The Labute approximate surface area is 164 Å². The van der Waals surface area contributed by atoms with Gasteiger partial charge in [0.1, 0.15) is 11.5 Å². The van der Waals surface area contributed by atoms with Crippen molar-refractivity contribution < 1.29 is 4.74 Å². The Hall–Kier alpha value is -1.47. The monoisotopic (exact) mass is 372 g/mol. The second kappa shape index (κ2) is 12.8. The van der Waals surface area contributed by atoms with Gasteiger partial charge in [-0.05, 0) is 24.6 Å². The average molecular weight is 373 g/mol. The van der Waals surface area contributed by atoms with Gasteiger partial charge in [0.05, 0.1) is 5.38 Å². The van der Waals surface area contributed by atoms with E-state index in [2.05, 4.69) is 13.0 Å². The van der Waals surface area contributed by atoms with Crippen LogP contribution in [0.4, 0.5) is 0 Å². The van der Waals surface area contributed by atoms with Gasteiger partial charge in [0.15, 0.2) is 0 Å². The highest BCUT2D eigenvalue weighted by Crippen LogP contribution is 2.35. The third kappa shape index (κ3) is 7.83. The molecule has 2 heteroatoms. The Bertz CT molecular complexity index is 596. The van der Waals surface area contributed by atoms with Gasteiger partial charge in [-0.2, -0.15) is 0 Å². The summed E-state index contributed by atoms with van der Waals surface area (Å²) in [5, 5.41) is 0.0134. The molecule has 0 amide bonds. The fourth-order valence-electron chi connectivity index (χ4n) is 3.24. The van der Waals surface area contributed by atoms with Gasteiger partial charge in [0.25, 0.3) is 0 Å². The summed E-state index contributed by atoms with van der Waals surface area (Å²) >= 11 is 6.69. The maximum Gasteiger partial charge on any atom is 0.132 e. The van der Waals surface area contributed by atoms with E-state index < -0.39 is 0 Å². The van der Waals surface area contributed by atoms with Crippen LogP contribution in [0.1, 0.15) is 82.1 Å². The fourth-order valence-corrected chi connectivity index (χ4v) is 3.57. The molecule has 0 spiro atoms. The van der Waals surface area contributed by atoms with Gasteiger partial charge in [0.2, 0.25) is 0 Å². The average Bonchev–Trinajstić information content (AvgIpc) is 2.68. The zero-order valence-corrected chi connectivity index (χ0v) is 16.9. The van der Waals surface area contributed by atoms with Crippen molar-refractivity contribution in [3.63, 3.8) is 0 Å². The summed E-state index contributed by atoms with van der Waals surface area (Å²) in [5.41, 5.74) is 1.09. The number of ether oxygens (including phenoxy) is 1. The van der Waals surface area contributed by atoms with Crippen LogP contribution < -0.4 is 4.74 Å². The van der Waals surface area contributed by atoms with E-state index in [1.54, 1.807) is 0 Å². The lowest BCUT2D eigenvalue weighted by Gasteiger charge is -2.15. The van der Waals surface area contributed by atoms with E-state index in [1.165, 1.54) is 57.8 Å². The van der Waals surface area contributed by atoms with E-state index >= 15 is 0 Å². The minimum atomic E-state index is 0.0134. The molecule has 2 aromatic rings. The minimum absolute atomic E-state index is 0.0134. The summed E-state index contributed by atoms with van der Waals surface area (Å²) in [4.78, 5) is 0. The maximum absolute atomic E-state index is 6.69. The number of hydrogen-bond donors (Lipinski definition) is 0. The molecule has 0 saturated carbocycles. The van der Waals surface area contributed by atoms with Crippen LogP contribution in [-0.2, 0) is 0 Å². The molecule has 26 heavy (non-hydrogen) atoms. The molecule has 0 aliphatic rings. The first-order chi connectivity index (χ1) is 12.8. The van der Waals surface area contributed by atoms with E-state index in [0.717, 1.165) is 23.5 Å². The number of alkyl halides is 1. The number of para-hydroxylation sites is 2. The smallest absolute Gasteiger partial charge is 0.132 e. The third-order valence-corrected chi connectivity index (χ3v) is 5.24. The highest BCUT2D eigenvalue weighted by Gasteiger charge is 2.13. The number of halogens is 1. The minimum Gasteiger partial charge on any atom is -0.457 e.